The Morgan fingerprint density at radius 1 is 1.28 bits per heavy atom. The largest absolute Gasteiger partial charge is 0.481 e. The molecule has 0 amide bonds. The molecule has 6 nitrogen and oxygen atoms in total. The molecule has 0 aromatic carbocycles. The molecule has 0 bridgehead atoms. The fourth-order valence-corrected chi connectivity index (χ4v) is 2.13. The highest BCUT2D eigenvalue weighted by molar-refractivity contribution is 5.37. The van der Waals surface area contributed by atoms with Gasteiger partial charge in [0.1, 0.15) is 0 Å². The van der Waals surface area contributed by atoms with Crippen molar-refractivity contribution in [3.63, 3.8) is 0 Å². The van der Waals surface area contributed by atoms with Crippen LogP contribution in [0.4, 0.5) is 5.95 Å². The van der Waals surface area contributed by atoms with Crippen molar-refractivity contribution in [3.8, 4) is 11.8 Å². The van der Waals surface area contributed by atoms with Crippen molar-refractivity contribution in [1.82, 2.24) is 9.97 Å². The lowest BCUT2D eigenvalue weighted by atomic mass is 9.95. The van der Waals surface area contributed by atoms with E-state index in [1.807, 2.05) is 11.8 Å². The Kier molecular flexibility index (Phi) is 3.56. The van der Waals surface area contributed by atoms with E-state index in [1.54, 1.807) is 20.3 Å². The number of aromatic nitrogens is 2. The van der Waals surface area contributed by atoms with E-state index in [0.717, 1.165) is 19.4 Å². The van der Waals surface area contributed by atoms with Gasteiger partial charge in [0, 0.05) is 13.1 Å². The molecule has 1 aromatic heterocycles. The highest BCUT2D eigenvalue weighted by Crippen LogP contribution is 2.26. The van der Waals surface area contributed by atoms with Crippen molar-refractivity contribution in [3.05, 3.63) is 6.07 Å². The lowest BCUT2D eigenvalue weighted by Gasteiger charge is -2.36. The van der Waals surface area contributed by atoms with Gasteiger partial charge in [-0.1, -0.05) is 0 Å². The van der Waals surface area contributed by atoms with E-state index >= 15 is 0 Å². The highest BCUT2D eigenvalue weighted by Gasteiger charge is 2.30. The molecule has 6 heteroatoms. The van der Waals surface area contributed by atoms with Crippen LogP contribution >= 0.6 is 0 Å². The first kappa shape index (κ1) is 12.9. The summed E-state index contributed by atoms with van der Waals surface area (Å²) >= 11 is 0. The summed E-state index contributed by atoms with van der Waals surface area (Å²) in [6.45, 7) is 3.17. The zero-order valence-electron chi connectivity index (χ0n) is 11.0. The Bertz CT molecular complexity index is 401. The molecule has 0 saturated carbocycles. The van der Waals surface area contributed by atoms with Gasteiger partial charge in [-0.05, 0) is 19.8 Å². The third-order valence-corrected chi connectivity index (χ3v) is 3.04. The third kappa shape index (κ3) is 2.81. The molecule has 1 atom stereocenters. The van der Waals surface area contributed by atoms with Crippen LogP contribution in [0.2, 0.25) is 0 Å². The Labute approximate surface area is 107 Å². The molecule has 1 aliphatic rings. The first-order chi connectivity index (χ1) is 8.54. The van der Waals surface area contributed by atoms with Crippen molar-refractivity contribution in [2.45, 2.75) is 25.4 Å². The molecule has 100 valence electrons. The molecule has 1 N–H and O–H groups in total. The van der Waals surface area contributed by atoms with Gasteiger partial charge < -0.3 is 19.5 Å². The Morgan fingerprint density at radius 2 is 1.89 bits per heavy atom. The van der Waals surface area contributed by atoms with E-state index in [2.05, 4.69) is 9.97 Å². The zero-order valence-corrected chi connectivity index (χ0v) is 11.0. The first-order valence-electron chi connectivity index (χ1n) is 5.98. The number of hydrogen-bond acceptors (Lipinski definition) is 6. The molecular weight excluding hydrogens is 234 g/mol. The molecule has 1 aliphatic heterocycles. The second kappa shape index (κ2) is 4.97. The van der Waals surface area contributed by atoms with Gasteiger partial charge in [0.15, 0.2) is 0 Å². The fourth-order valence-electron chi connectivity index (χ4n) is 2.13. The zero-order chi connectivity index (χ0) is 13.2. The minimum absolute atomic E-state index is 0.460. The maximum atomic E-state index is 10.1. The highest BCUT2D eigenvalue weighted by atomic mass is 16.5. The van der Waals surface area contributed by atoms with Crippen LogP contribution in [-0.4, -0.2) is 48.0 Å². The summed E-state index contributed by atoms with van der Waals surface area (Å²) < 4.78 is 10.2. The first-order valence-corrected chi connectivity index (χ1v) is 5.98. The lowest BCUT2D eigenvalue weighted by Crippen LogP contribution is -2.46. The number of aliphatic hydroxyl groups is 1. The molecule has 0 radical (unpaired) electrons. The van der Waals surface area contributed by atoms with Gasteiger partial charge in [0.25, 0.3) is 0 Å². The monoisotopic (exact) mass is 253 g/mol. The number of anilines is 1. The predicted octanol–water partition coefficient (Wildman–Crippen LogP) is 0.845. The van der Waals surface area contributed by atoms with Crippen LogP contribution in [0.5, 0.6) is 11.8 Å². The Morgan fingerprint density at radius 3 is 2.39 bits per heavy atom. The fraction of sp³-hybridized carbons (Fsp3) is 0.667. The van der Waals surface area contributed by atoms with E-state index < -0.39 is 5.60 Å². The van der Waals surface area contributed by atoms with E-state index in [9.17, 15) is 5.11 Å². The minimum Gasteiger partial charge on any atom is -0.481 e. The van der Waals surface area contributed by atoms with Gasteiger partial charge in [-0.25, -0.2) is 0 Å². The number of nitrogens with zero attached hydrogens (tertiary/aromatic N) is 3. The average Bonchev–Trinajstić information content (AvgIpc) is 2.37. The summed E-state index contributed by atoms with van der Waals surface area (Å²) in [5, 5.41) is 10.1. The van der Waals surface area contributed by atoms with Crippen LogP contribution < -0.4 is 14.4 Å². The van der Waals surface area contributed by atoms with Gasteiger partial charge in [-0.15, -0.1) is 0 Å². The van der Waals surface area contributed by atoms with Crippen molar-refractivity contribution in [2.24, 2.45) is 0 Å². The van der Waals surface area contributed by atoms with Crippen molar-refractivity contribution < 1.29 is 14.6 Å². The van der Waals surface area contributed by atoms with Gasteiger partial charge in [0.05, 0.1) is 25.9 Å². The van der Waals surface area contributed by atoms with Gasteiger partial charge in [-0.2, -0.15) is 9.97 Å². The van der Waals surface area contributed by atoms with Crippen LogP contribution in [0.1, 0.15) is 19.8 Å². The van der Waals surface area contributed by atoms with E-state index in [0.29, 0.717) is 24.3 Å². The molecule has 1 aromatic rings. The predicted molar refractivity (Wildman–Crippen MR) is 67.2 cm³/mol. The van der Waals surface area contributed by atoms with Crippen LogP contribution in [-0.2, 0) is 0 Å². The Hall–Kier alpha value is -1.56. The second-order valence-corrected chi connectivity index (χ2v) is 4.77. The number of ether oxygens (including phenoxy) is 2. The maximum Gasteiger partial charge on any atom is 0.232 e. The topological polar surface area (TPSA) is 67.7 Å². The second-order valence-electron chi connectivity index (χ2n) is 4.77. The van der Waals surface area contributed by atoms with Gasteiger partial charge in [-0.3, -0.25) is 0 Å². The molecule has 18 heavy (non-hydrogen) atoms. The van der Waals surface area contributed by atoms with E-state index in [1.165, 1.54) is 0 Å². The summed E-state index contributed by atoms with van der Waals surface area (Å²) in [4.78, 5) is 10.5. The third-order valence-electron chi connectivity index (χ3n) is 3.04. The van der Waals surface area contributed by atoms with E-state index in [-0.39, 0.29) is 0 Å². The van der Waals surface area contributed by atoms with Crippen LogP contribution in [0.15, 0.2) is 6.07 Å². The van der Waals surface area contributed by atoms with Gasteiger partial charge >= 0.3 is 0 Å². The average molecular weight is 253 g/mol. The summed E-state index contributed by atoms with van der Waals surface area (Å²) in [6.07, 6.45) is 1.71. The van der Waals surface area contributed by atoms with Gasteiger partial charge in [0.2, 0.25) is 17.7 Å². The number of hydrogen-bond donors (Lipinski definition) is 1. The van der Waals surface area contributed by atoms with Crippen molar-refractivity contribution in [1.29, 1.82) is 0 Å². The molecule has 1 unspecified atom stereocenters. The molecule has 1 saturated heterocycles. The SMILES string of the molecule is COc1cc(OC)nc(N2CCCC(C)(O)C2)n1. The number of β-amino-alcohol motifs (C(OH)–C–C–N with tert-alkyl or cyclic N) is 1. The van der Waals surface area contributed by atoms with Crippen molar-refractivity contribution >= 4 is 5.95 Å². The summed E-state index contributed by atoms with van der Waals surface area (Å²) in [5.41, 5.74) is -0.697. The molecular formula is C12H19N3O3. The number of piperidine rings is 1. The maximum absolute atomic E-state index is 10.1. The normalized spacial score (nSPS) is 23.9. The number of rotatable bonds is 3. The van der Waals surface area contributed by atoms with Crippen LogP contribution in [0.25, 0.3) is 0 Å². The standard InChI is InChI=1S/C12H19N3O3/c1-12(16)5-4-6-15(8-12)11-13-9(17-2)7-10(14-11)18-3/h7,16H,4-6,8H2,1-3H3. The van der Waals surface area contributed by atoms with E-state index in [4.69, 9.17) is 9.47 Å². The van der Waals surface area contributed by atoms with Crippen LogP contribution in [0.3, 0.4) is 0 Å². The molecule has 0 spiro atoms. The van der Waals surface area contributed by atoms with Crippen LogP contribution in [0, 0.1) is 0 Å². The van der Waals surface area contributed by atoms with Crippen molar-refractivity contribution in [2.75, 3.05) is 32.2 Å². The Balaban J connectivity index is 2.26. The molecule has 0 aliphatic carbocycles. The summed E-state index contributed by atoms with van der Waals surface area (Å²) in [6, 6.07) is 1.63. The molecule has 2 rings (SSSR count). The smallest absolute Gasteiger partial charge is 0.232 e. The summed E-state index contributed by atoms with van der Waals surface area (Å²) in [5.74, 6) is 1.45. The quantitative estimate of drug-likeness (QED) is 0.861. The summed E-state index contributed by atoms with van der Waals surface area (Å²) in [7, 11) is 3.11. The number of methoxy groups -OCH3 is 2. The molecule has 2 heterocycles. The molecule has 1 fully saturated rings. The lowest BCUT2D eigenvalue weighted by molar-refractivity contribution is 0.0444. The minimum atomic E-state index is -0.697.